The van der Waals surface area contributed by atoms with Crippen molar-refractivity contribution in [3.05, 3.63) is 35.4 Å². The lowest BCUT2D eigenvalue weighted by molar-refractivity contribution is 0.112. The summed E-state index contributed by atoms with van der Waals surface area (Å²) in [6.45, 7) is 5.59. The van der Waals surface area contributed by atoms with E-state index < -0.39 is 15.3 Å². The van der Waals surface area contributed by atoms with E-state index in [1.165, 1.54) is 0 Å². The van der Waals surface area contributed by atoms with E-state index >= 15 is 0 Å². The van der Waals surface area contributed by atoms with E-state index in [0.717, 1.165) is 11.8 Å². The van der Waals surface area contributed by atoms with Crippen LogP contribution in [0.15, 0.2) is 24.3 Å². The largest absolute Gasteiger partial charge is 0.298 e. The predicted molar refractivity (Wildman–Crippen MR) is 72.3 cm³/mol. The topological polar surface area (TPSA) is 63.2 Å². The fourth-order valence-electron chi connectivity index (χ4n) is 1.43. The highest BCUT2D eigenvalue weighted by molar-refractivity contribution is 7.90. The van der Waals surface area contributed by atoms with Crippen molar-refractivity contribution in [2.45, 2.75) is 31.9 Å². The maximum absolute atomic E-state index is 11.6. The molecule has 0 aliphatic rings. The number of aldehydes is 1. The Morgan fingerprint density at radius 3 is 2.17 bits per heavy atom. The third kappa shape index (κ3) is 3.92. The van der Waals surface area contributed by atoms with E-state index in [-0.39, 0.29) is 5.92 Å². The number of carbonyl (C=O) groups is 1. The van der Waals surface area contributed by atoms with Crippen molar-refractivity contribution in [2.24, 2.45) is 0 Å². The molecule has 0 aliphatic heterocycles. The normalized spacial score (nSPS) is 13.6. The maximum atomic E-state index is 11.6. The van der Waals surface area contributed by atoms with Crippen LogP contribution in [0.4, 0.5) is 0 Å². The first-order chi connectivity index (χ1) is 8.36. The molecule has 1 aromatic rings. The molecule has 18 heavy (non-hydrogen) atoms. The van der Waals surface area contributed by atoms with Gasteiger partial charge in [0.1, 0.15) is 6.29 Å². The van der Waals surface area contributed by atoms with Gasteiger partial charge in [-0.2, -0.15) is 0 Å². The van der Waals surface area contributed by atoms with Gasteiger partial charge < -0.3 is 0 Å². The van der Waals surface area contributed by atoms with Crippen molar-refractivity contribution < 1.29 is 13.2 Å². The Bertz CT molecular complexity index is 491. The lowest BCUT2D eigenvalue weighted by atomic mass is 10.0. The first-order valence-corrected chi connectivity index (χ1v) is 7.45. The smallest absolute Gasteiger partial charge is 0.213 e. The van der Waals surface area contributed by atoms with Gasteiger partial charge in [0.15, 0.2) is 0 Å². The lowest BCUT2D eigenvalue weighted by Crippen LogP contribution is -2.33. The number of hydrogen-bond donors (Lipinski definition) is 1. The number of carbonyl (C=O) groups excluding carboxylic acids is 1. The van der Waals surface area contributed by atoms with E-state index in [1.54, 1.807) is 26.0 Å². The van der Waals surface area contributed by atoms with E-state index in [0.29, 0.717) is 12.1 Å². The van der Waals surface area contributed by atoms with Crippen LogP contribution in [0.5, 0.6) is 0 Å². The van der Waals surface area contributed by atoms with Crippen LogP contribution < -0.4 is 4.72 Å². The number of benzene rings is 1. The van der Waals surface area contributed by atoms with Gasteiger partial charge in [0.2, 0.25) is 10.0 Å². The van der Waals surface area contributed by atoms with Crippen molar-refractivity contribution >= 4 is 16.3 Å². The molecule has 0 saturated heterocycles. The Kier molecular flexibility index (Phi) is 5.04. The Morgan fingerprint density at radius 1 is 1.17 bits per heavy atom. The molecular weight excluding hydrogens is 250 g/mol. The molecule has 1 atom stereocenters. The van der Waals surface area contributed by atoms with Gasteiger partial charge in [-0.15, -0.1) is 0 Å². The van der Waals surface area contributed by atoms with Gasteiger partial charge in [0.25, 0.3) is 0 Å². The van der Waals surface area contributed by atoms with Gasteiger partial charge in [-0.05, 0) is 25.3 Å². The molecule has 1 N–H and O–H groups in total. The number of hydrogen-bond acceptors (Lipinski definition) is 3. The Balaban J connectivity index is 2.65. The van der Waals surface area contributed by atoms with Crippen LogP contribution in [0, 0.1) is 0 Å². The molecule has 5 heteroatoms. The number of nitrogens with one attached hydrogen (secondary N) is 1. The van der Waals surface area contributed by atoms with Crippen LogP contribution in [-0.4, -0.2) is 26.5 Å². The number of sulfonamides is 1. The maximum Gasteiger partial charge on any atom is 0.213 e. The van der Waals surface area contributed by atoms with Gasteiger partial charge in [-0.1, -0.05) is 31.2 Å². The Morgan fingerprint density at radius 2 is 1.72 bits per heavy atom. The highest BCUT2D eigenvalue weighted by Gasteiger charge is 2.16. The molecule has 0 saturated carbocycles. The average molecular weight is 269 g/mol. The van der Waals surface area contributed by atoms with Crippen LogP contribution in [-0.2, 0) is 10.0 Å². The van der Waals surface area contributed by atoms with E-state index in [4.69, 9.17) is 0 Å². The van der Waals surface area contributed by atoms with E-state index in [2.05, 4.69) is 4.72 Å². The fourth-order valence-corrected chi connectivity index (χ4v) is 2.24. The van der Waals surface area contributed by atoms with Crippen LogP contribution in [0.3, 0.4) is 0 Å². The Hall–Kier alpha value is -1.20. The zero-order valence-electron chi connectivity index (χ0n) is 10.9. The second-order valence-corrected chi connectivity index (χ2v) is 6.95. The molecule has 0 bridgehead atoms. The third-order valence-corrected chi connectivity index (χ3v) is 4.66. The zero-order valence-corrected chi connectivity index (χ0v) is 11.7. The summed E-state index contributed by atoms with van der Waals surface area (Å²) in [5.74, 6) is 0.0687. The molecule has 0 radical (unpaired) electrons. The van der Waals surface area contributed by atoms with Crippen LogP contribution >= 0.6 is 0 Å². The van der Waals surface area contributed by atoms with Crippen LogP contribution in [0.2, 0.25) is 0 Å². The van der Waals surface area contributed by atoms with Crippen LogP contribution in [0.1, 0.15) is 42.6 Å². The van der Waals surface area contributed by atoms with Crippen LogP contribution in [0.25, 0.3) is 0 Å². The summed E-state index contributed by atoms with van der Waals surface area (Å²) in [4.78, 5) is 10.5. The monoisotopic (exact) mass is 269 g/mol. The molecule has 0 aromatic heterocycles. The number of rotatable bonds is 6. The highest BCUT2D eigenvalue weighted by atomic mass is 32.2. The minimum absolute atomic E-state index is 0.0687. The van der Waals surface area contributed by atoms with Crippen molar-refractivity contribution in [2.75, 3.05) is 6.54 Å². The summed E-state index contributed by atoms with van der Waals surface area (Å²) in [5.41, 5.74) is 1.63. The summed E-state index contributed by atoms with van der Waals surface area (Å²) in [5, 5.41) is -0.429. The molecule has 0 aliphatic carbocycles. The summed E-state index contributed by atoms with van der Waals surface area (Å²) < 4.78 is 25.8. The van der Waals surface area contributed by atoms with Crippen molar-refractivity contribution in [1.82, 2.24) is 4.72 Å². The van der Waals surface area contributed by atoms with Gasteiger partial charge in [-0.3, -0.25) is 4.79 Å². The summed E-state index contributed by atoms with van der Waals surface area (Å²) >= 11 is 0. The molecule has 4 nitrogen and oxygen atoms in total. The van der Waals surface area contributed by atoms with E-state index in [1.807, 2.05) is 19.1 Å². The molecule has 1 unspecified atom stereocenters. The molecule has 0 amide bonds. The molecular formula is C13H19NO3S. The first kappa shape index (κ1) is 14.9. The molecule has 100 valence electrons. The molecule has 1 rings (SSSR count). The summed E-state index contributed by atoms with van der Waals surface area (Å²) in [6.07, 6.45) is 0.788. The lowest BCUT2D eigenvalue weighted by Gasteiger charge is -2.15. The third-order valence-electron chi connectivity index (χ3n) is 2.85. The molecule has 1 aromatic carbocycles. The second kappa shape index (κ2) is 6.11. The average Bonchev–Trinajstić information content (AvgIpc) is 2.36. The van der Waals surface area contributed by atoms with Gasteiger partial charge in [0, 0.05) is 12.1 Å². The fraction of sp³-hybridized carbons (Fsp3) is 0.462. The molecule has 0 heterocycles. The van der Waals surface area contributed by atoms with Crippen molar-refractivity contribution in [1.29, 1.82) is 0 Å². The molecule has 0 spiro atoms. The molecule has 0 fully saturated rings. The predicted octanol–water partition coefficient (Wildman–Crippen LogP) is 1.93. The highest BCUT2D eigenvalue weighted by Crippen LogP contribution is 2.15. The first-order valence-electron chi connectivity index (χ1n) is 5.90. The zero-order chi connectivity index (χ0) is 13.8. The van der Waals surface area contributed by atoms with E-state index in [9.17, 15) is 13.2 Å². The van der Waals surface area contributed by atoms with Gasteiger partial charge in [0.05, 0.1) is 5.25 Å². The standard InChI is InChI=1S/C13H19NO3S/c1-10(2)18(16,17)14-8-11(3)13-6-4-12(9-15)5-7-13/h4-7,9-11,14H,8H2,1-3H3. The van der Waals surface area contributed by atoms with Gasteiger partial charge in [-0.25, -0.2) is 13.1 Å². The van der Waals surface area contributed by atoms with Crippen molar-refractivity contribution in [3.63, 3.8) is 0 Å². The Labute approximate surface area is 108 Å². The van der Waals surface area contributed by atoms with Crippen molar-refractivity contribution in [3.8, 4) is 0 Å². The summed E-state index contributed by atoms with van der Waals surface area (Å²) in [6, 6.07) is 7.15. The summed E-state index contributed by atoms with van der Waals surface area (Å²) in [7, 11) is -3.22. The minimum Gasteiger partial charge on any atom is -0.298 e. The second-order valence-electron chi connectivity index (χ2n) is 4.63. The SMILES string of the molecule is CC(CNS(=O)(=O)C(C)C)c1ccc(C=O)cc1. The van der Waals surface area contributed by atoms with Gasteiger partial charge >= 0.3 is 0 Å². The minimum atomic E-state index is -3.22. The quantitative estimate of drug-likeness (QED) is 0.803.